The maximum atomic E-state index is 6.30. The molecule has 0 amide bonds. The molecule has 3 rings (SSSR count). The number of aromatic nitrogens is 1. The lowest BCUT2D eigenvalue weighted by atomic mass is 10.1. The fourth-order valence-corrected chi connectivity index (χ4v) is 3.36. The van der Waals surface area contributed by atoms with E-state index in [9.17, 15) is 0 Å². The number of rotatable bonds is 3. The Labute approximate surface area is 131 Å². The summed E-state index contributed by atoms with van der Waals surface area (Å²) in [7, 11) is 0. The standard InChI is InChI=1S/C15H12Cl2N2S/c1-9(10-4-2-3-5-11(10)16)19-14-12(17)6-7-13-15(14)18-8-20-13/h2-9,19H,1H3. The molecular weight excluding hydrogens is 311 g/mol. The number of fused-ring (bicyclic) bond motifs is 1. The minimum absolute atomic E-state index is 0.0495. The summed E-state index contributed by atoms with van der Waals surface area (Å²) in [5.74, 6) is 0. The number of halogens is 2. The second-order valence-electron chi connectivity index (χ2n) is 4.51. The molecule has 0 fully saturated rings. The van der Waals surface area contributed by atoms with Gasteiger partial charge >= 0.3 is 0 Å². The van der Waals surface area contributed by atoms with E-state index < -0.39 is 0 Å². The van der Waals surface area contributed by atoms with Gasteiger partial charge in [-0.1, -0.05) is 41.4 Å². The van der Waals surface area contributed by atoms with E-state index in [1.807, 2.05) is 41.9 Å². The van der Waals surface area contributed by atoms with E-state index in [1.54, 1.807) is 11.3 Å². The molecule has 2 nitrogen and oxygen atoms in total. The molecule has 1 heterocycles. The fourth-order valence-electron chi connectivity index (χ4n) is 2.16. The van der Waals surface area contributed by atoms with Crippen molar-refractivity contribution in [2.45, 2.75) is 13.0 Å². The summed E-state index contributed by atoms with van der Waals surface area (Å²) in [6, 6.07) is 11.7. The first-order chi connectivity index (χ1) is 9.66. The molecule has 0 aliphatic carbocycles. The minimum Gasteiger partial charge on any atom is -0.375 e. The van der Waals surface area contributed by atoms with E-state index in [2.05, 4.69) is 17.2 Å². The van der Waals surface area contributed by atoms with E-state index >= 15 is 0 Å². The predicted octanol–water partition coefficient (Wildman–Crippen LogP) is 5.78. The third kappa shape index (κ3) is 2.49. The Bertz CT molecular complexity index is 754. The number of hydrogen-bond donors (Lipinski definition) is 1. The Morgan fingerprint density at radius 3 is 2.70 bits per heavy atom. The first-order valence-corrected chi connectivity index (χ1v) is 7.83. The van der Waals surface area contributed by atoms with Crippen LogP contribution in [0.2, 0.25) is 10.0 Å². The summed E-state index contributed by atoms with van der Waals surface area (Å²) in [5, 5.41) is 4.84. The third-order valence-corrected chi connectivity index (χ3v) is 4.64. The number of nitrogens with one attached hydrogen (secondary N) is 1. The number of hydrogen-bond acceptors (Lipinski definition) is 3. The second-order valence-corrected chi connectivity index (χ2v) is 6.21. The number of anilines is 1. The molecule has 1 aromatic heterocycles. The van der Waals surface area contributed by atoms with Gasteiger partial charge in [-0.15, -0.1) is 11.3 Å². The molecule has 1 N–H and O–H groups in total. The molecule has 1 unspecified atom stereocenters. The van der Waals surface area contributed by atoms with Crippen LogP contribution in [0.5, 0.6) is 0 Å². The monoisotopic (exact) mass is 322 g/mol. The van der Waals surface area contributed by atoms with Crippen LogP contribution < -0.4 is 5.32 Å². The molecule has 20 heavy (non-hydrogen) atoms. The van der Waals surface area contributed by atoms with Crippen LogP contribution in [-0.2, 0) is 0 Å². The summed E-state index contributed by atoms with van der Waals surface area (Å²) in [4.78, 5) is 4.39. The zero-order valence-electron chi connectivity index (χ0n) is 10.7. The van der Waals surface area contributed by atoms with Gasteiger partial charge in [-0.05, 0) is 30.7 Å². The molecule has 0 aliphatic heterocycles. The Kier molecular flexibility index (Phi) is 3.83. The highest BCUT2D eigenvalue weighted by Gasteiger charge is 2.14. The Morgan fingerprint density at radius 1 is 1.10 bits per heavy atom. The zero-order valence-corrected chi connectivity index (χ0v) is 13.1. The van der Waals surface area contributed by atoms with Crippen LogP contribution >= 0.6 is 34.5 Å². The van der Waals surface area contributed by atoms with Crippen LogP contribution in [0.25, 0.3) is 10.2 Å². The number of nitrogens with zero attached hydrogens (tertiary/aromatic N) is 1. The van der Waals surface area contributed by atoms with E-state index in [0.29, 0.717) is 5.02 Å². The van der Waals surface area contributed by atoms with Crippen molar-refractivity contribution in [3.05, 3.63) is 57.5 Å². The minimum atomic E-state index is 0.0495. The first kappa shape index (κ1) is 13.7. The van der Waals surface area contributed by atoms with Crippen molar-refractivity contribution >= 4 is 50.4 Å². The highest BCUT2D eigenvalue weighted by molar-refractivity contribution is 7.16. The highest BCUT2D eigenvalue weighted by atomic mass is 35.5. The van der Waals surface area contributed by atoms with E-state index in [-0.39, 0.29) is 6.04 Å². The molecule has 5 heteroatoms. The van der Waals surface area contributed by atoms with E-state index in [4.69, 9.17) is 23.2 Å². The van der Waals surface area contributed by atoms with Gasteiger partial charge in [0.2, 0.25) is 0 Å². The largest absolute Gasteiger partial charge is 0.375 e. The predicted molar refractivity (Wildman–Crippen MR) is 88.1 cm³/mol. The molecule has 0 aliphatic rings. The van der Waals surface area contributed by atoms with Crippen molar-refractivity contribution in [2.75, 3.05) is 5.32 Å². The molecular formula is C15H12Cl2N2S. The van der Waals surface area contributed by atoms with Crippen LogP contribution in [0.15, 0.2) is 41.9 Å². The summed E-state index contributed by atoms with van der Waals surface area (Å²) in [6.45, 7) is 2.06. The average Bonchev–Trinajstić information content (AvgIpc) is 2.91. The normalized spacial score (nSPS) is 12.6. The van der Waals surface area contributed by atoms with Gasteiger partial charge < -0.3 is 5.32 Å². The summed E-state index contributed by atoms with van der Waals surface area (Å²) in [5.41, 5.74) is 4.63. The lowest BCUT2D eigenvalue weighted by Crippen LogP contribution is -2.08. The molecule has 1 atom stereocenters. The van der Waals surface area contributed by atoms with Gasteiger partial charge in [0.25, 0.3) is 0 Å². The van der Waals surface area contributed by atoms with E-state index in [1.165, 1.54) is 0 Å². The first-order valence-electron chi connectivity index (χ1n) is 6.19. The van der Waals surface area contributed by atoms with Crippen LogP contribution in [0.3, 0.4) is 0 Å². The quantitative estimate of drug-likeness (QED) is 0.661. The maximum Gasteiger partial charge on any atom is 0.106 e. The van der Waals surface area contributed by atoms with Gasteiger partial charge in [0.05, 0.1) is 27.0 Å². The molecule has 3 aromatic rings. The number of thiazole rings is 1. The smallest absolute Gasteiger partial charge is 0.106 e. The summed E-state index contributed by atoms with van der Waals surface area (Å²) < 4.78 is 1.11. The van der Waals surface area contributed by atoms with Gasteiger partial charge in [0.15, 0.2) is 0 Å². The molecule has 0 saturated carbocycles. The topological polar surface area (TPSA) is 24.9 Å². The van der Waals surface area contributed by atoms with E-state index in [0.717, 1.165) is 26.5 Å². The Balaban J connectivity index is 1.99. The van der Waals surface area contributed by atoms with Crippen molar-refractivity contribution in [1.29, 1.82) is 0 Å². The summed E-state index contributed by atoms with van der Waals surface area (Å²) >= 11 is 14.1. The summed E-state index contributed by atoms with van der Waals surface area (Å²) in [6.07, 6.45) is 0. The van der Waals surface area contributed by atoms with Crippen molar-refractivity contribution < 1.29 is 0 Å². The van der Waals surface area contributed by atoms with Crippen LogP contribution in [0.4, 0.5) is 5.69 Å². The van der Waals surface area contributed by atoms with Crippen molar-refractivity contribution in [2.24, 2.45) is 0 Å². The third-order valence-electron chi connectivity index (χ3n) is 3.18. The zero-order chi connectivity index (χ0) is 14.1. The van der Waals surface area contributed by atoms with Gasteiger partial charge in [0.1, 0.15) is 5.52 Å². The molecule has 0 saturated heterocycles. The van der Waals surface area contributed by atoms with Crippen molar-refractivity contribution in [3.8, 4) is 0 Å². The Morgan fingerprint density at radius 2 is 1.90 bits per heavy atom. The van der Waals surface area contributed by atoms with Crippen molar-refractivity contribution in [3.63, 3.8) is 0 Å². The van der Waals surface area contributed by atoms with Crippen LogP contribution in [0.1, 0.15) is 18.5 Å². The second kappa shape index (κ2) is 5.60. The van der Waals surface area contributed by atoms with Gasteiger partial charge in [-0.2, -0.15) is 0 Å². The molecule has 102 valence electrons. The number of benzene rings is 2. The molecule has 0 radical (unpaired) electrons. The van der Waals surface area contributed by atoms with Gasteiger partial charge in [0, 0.05) is 5.02 Å². The lowest BCUT2D eigenvalue weighted by molar-refractivity contribution is 0.886. The molecule has 2 aromatic carbocycles. The lowest BCUT2D eigenvalue weighted by Gasteiger charge is -2.18. The molecule has 0 spiro atoms. The SMILES string of the molecule is CC(Nc1c(Cl)ccc2scnc12)c1ccccc1Cl. The molecule has 0 bridgehead atoms. The van der Waals surface area contributed by atoms with Gasteiger partial charge in [-0.3, -0.25) is 0 Å². The average molecular weight is 323 g/mol. The fraction of sp³-hybridized carbons (Fsp3) is 0.133. The van der Waals surface area contributed by atoms with Crippen LogP contribution in [0, 0.1) is 0 Å². The van der Waals surface area contributed by atoms with Crippen LogP contribution in [-0.4, -0.2) is 4.98 Å². The Hall–Kier alpha value is -1.29. The van der Waals surface area contributed by atoms with Crippen molar-refractivity contribution in [1.82, 2.24) is 4.98 Å². The highest BCUT2D eigenvalue weighted by Crippen LogP contribution is 2.35. The maximum absolute atomic E-state index is 6.30. The van der Waals surface area contributed by atoms with Gasteiger partial charge in [-0.25, -0.2) is 4.98 Å².